The van der Waals surface area contributed by atoms with Crippen LogP contribution in [0.5, 0.6) is 0 Å². The number of rotatable bonds is 7. The molecule has 1 aromatic rings. The molecule has 1 saturated heterocycles. The average Bonchev–Trinajstić information content (AvgIpc) is 2.55. The van der Waals surface area contributed by atoms with Crippen LogP contribution in [0.4, 0.5) is 0 Å². The highest BCUT2D eigenvalue weighted by molar-refractivity contribution is 6.74. The minimum Gasteiger partial charge on any atom is -0.404 e. The van der Waals surface area contributed by atoms with Crippen molar-refractivity contribution in [2.24, 2.45) is 11.7 Å². The van der Waals surface area contributed by atoms with Crippen LogP contribution in [0, 0.1) is 5.92 Å². The van der Waals surface area contributed by atoms with Crippen LogP contribution in [0.3, 0.4) is 0 Å². The van der Waals surface area contributed by atoms with Gasteiger partial charge in [-0.15, -0.1) is 0 Å². The highest BCUT2D eigenvalue weighted by Gasteiger charge is 2.40. The molecule has 1 fully saturated rings. The first-order chi connectivity index (χ1) is 12.1. The maximum Gasteiger partial charge on any atom is 0.246 e. The molecule has 2 rings (SSSR count). The van der Waals surface area contributed by atoms with E-state index in [2.05, 4.69) is 69.1 Å². The first-order valence-electron chi connectivity index (χ1n) is 9.82. The summed E-state index contributed by atoms with van der Waals surface area (Å²) in [6.07, 6.45) is 2.98. The van der Waals surface area contributed by atoms with Crippen molar-refractivity contribution in [1.82, 2.24) is 4.90 Å². The summed E-state index contributed by atoms with van der Waals surface area (Å²) in [5.74, 6) is 0.392. The van der Waals surface area contributed by atoms with Gasteiger partial charge >= 0.3 is 0 Å². The van der Waals surface area contributed by atoms with E-state index < -0.39 is 14.4 Å². The molecule has 0 radical (unpaired) electrons. The number of carbonyl (C=O) groups excluding carboxylic acids is 1. The van der Waals surface area contributed by atoms with Crippen molar-refractivity contribution >= 4 is 14.2 Å². The summed E-state index contributed by atoms with van der Waals surface area (Å²) in [6.45, 7) is 13.6. The Morgan fingerprint density at radius 3 is 2.31 bits per heavy atom. The van der Waals surface area contributed by atoms with E-state index in [4.69, 9.17) is 10.2 Å². The van der Waals surface area contributed by atoms with Crippen LogP contribution in [-0.4, -0.2) is 44.9 Å². The van der Waals surface area contributed by atoms with Crippen molar-refractivity contribution in [3.8, 4) is 0 Å². The van der Waals surface area contributed by atoms with Crippen LogP contribution in [-0.2, 0) is 15.6 Å². The van der Waals surface area contributed by atoms with Gasteiger partial charge < -0.3 is 15.1 Å². The maximum absolute atomic E-state index is 12.0. The molecule has 0 spiro atoms. The zero-order valence-corrected chi connectivity index (χ0v) is 18.1. The third kappa shape index (κ3) is 5.93. The lowest BCUT2D eigenvalue weighted by Gasteiger charge is -2.40. The third-order valence-corrected chi connectivity index (χ3v) is 10.5. The van der Waals surface area contributed by atoms with E-state index in [1.54, 1.807) is 0 Å². The molecule has 0 aromatic heterocycles. The van der Waals surface area contributed by atoms with Crippen molar-refractivity contribution in [2.75, 3.05) is 19.6 Å². The topological polar surface area (TPSA) is 55.6 Å². The molecule has 1 aliphatic rings. The Labute approximate surface area is 160 Å². The molecule has 1 atom stereocenters. The first kappa shape index (κ1) is 21.1. The van der Waals surface area contributed by atoms with Crippen molar-refractivity contribution in [3.63, 3.8) is 0 Å². The van der Waals surface area contributed by atoms with E-state index in [1.165, 1.54) is 18.4 Å². The van der Waals surface area contributed by atoms with Crippen LogP contribution in [0.25, 0.3) is 0 Å². The minimum atomic E-state index is -2.01. The predicted molar refractivity (Wildman–Crippen MR) is 111 cm³/mol. The summed E-state index contributed by atoms with van der Waals surface area (Å²) < 4.78 is 6.31. The molecule has 0 aliphatic carbocycles. The van der Waals surface area contributed by atoms with Gasteiger partial charge in [-0.05, 0) is 62.0 Å². The second-order valence-corrected chi connectivity index (χ2v) is 14.0. The molecular weight excluding hydrogens is 340 g/mol. The smallest absolute Gasteiger partial charge is 0.246 e. The normalized spacial score (nSPS) is 18.7. The summed E-state index contributed by atoms with van der Waals surface area (Å²) in [5.41, 5.74) is 7.08. The number of amides is 1. The van der Waals surface area contributed by atoms with Gasteiger partial charge in [0.25, 0.3) is 0 Å². The fraction of sp³-hybridized carbons (Fsp3) is 0.667. The van der Waals surface area contributed by atoms with Crippen LogP contribution in [0.2, 0.25) is 18.1 Å². The van der Waals surface area contributed by atoms with Crippen LogP contribution >= 0.6 is 0 Å². The lowest BCUT2D eigenvalue weighted by molar-refractivity contribution is -0.126. The van der Waals surface area contributed by atoms with Gasteiger partial charge in [0.2, 0.25) is 5.91 Å². The summed E-state index contributed by atoms with van der Waals surface area (Å²) in [5, 5.41) is 0.0728. The second-order valence-electron chi connectivity index (χ2n) is 9.20. The standard InChI is InChI=1S/C21H36N2O2Si/c1-21(2,3)26(4,5)25-19(20(22)24)16-23-13-11-18(12-14-23)15-17-9-7-6-8-10-17/h6-10,18-19H,11-16H2,1-5H3,(H2,22,24). The van der Waals surface area contributed by atoms with E-state index in [0.717, 1.165) is 25.4 Å². The molecule has 1 unspecified atom stereocenters. The number of primary amides is 1. The zero-order valence-electron chi connectivity index (χ0n) is 17.1. The van der Waals surface area contributed by atoms with Gasteiger partial charge in [0.15, 0.2) is 8.32 Å². The highest BCUT2D eigenvalue weighted by Crippen LogP contribution is 2.37. The predicted octanol–water partition coefficient (Wildman–Crippen LogP) is 3.82. The molecule has 1 heterocycles. The van der Waals surface area contributed by atoms with Gasteiger partial charge in [0, 0.05) is 6.54 Å². The molecule has 5 heteroatoms. The highest BCUT2D eigenvalue weighted by atomic mass is 28.4. The van der Waals surface area contributed by atoms with Gasteiger partial charge in [-0.1, -0.05) is 51.1 Å². The van der Waals surface area contributed by atoms with Gasteiger partial charge in [-0.2, -0.15) is 0 Å². The number of benzene rings is 1. The lowest BCUT2D eigenvalue weighted by atomic mass is 9.90. The zero-order chi connectivity index (χ0) is 19.4. The summed E-state index contributed by atoms with van der Waals surface area (Å²) in [4.78, 5) is 14.3. The Balaban J connectivity index is 1.86. The number of hydrogen-bond acceptors (Lipinski definition) is 3. The van der Waals surface area contributed by atoms with Crippen molar-refractivity contribution < 1.29 is 9.22 Å². The fourth-order valence-electron chi connectivity index (χ4n) is 3.27. The fourth-order valence-corrected chi connectivity index (χ4v) is 4.53. The maximum atomic E-state index is 12.0. The van der Waals surface area contributed by atoms with Crippen molar-refractivity contribution in [3.05, 3.63) is 35.9 Å². The molecule has 4 nitrogen and oxygen atoms in total. The number of carbonyl (C=O) groups is 1. The Hall–Kier alpha value is -1.17. The molecule has 0 saturated carbocycles. The lowest BCUT2D eigenvalue weighted by Crippen LogP contribution is -2.52. The van der Waals surface area contributed by atoms with E-state index in [1.807, 2.05) is 0 Å². The van der Waals surface area contributed by atoms with E-state index in [9.17, 15) is 4.79 Å². The molecule has 1 aromatic carbocycles. The Morgan fingerprint density at radius 1 is 1.23 bits per heavy atom. The average molecular weight is 377 g/mol. The first-order valence-corrected chi connectivity index (χ1v) is 12.7. The quantitative estimate of drug-likeness (QED) is 0.736. The Bertz CT molecular complexity index is 575. The summed E-state index contributed by atoms with van der Waals surface area (Å²) in [6, 6.07) is 10.7. The van der Waals surface area contributed by atoms with Gasteiger partial charge in [0.1, 0.15) is 6.10 Å². The number of hydrogen-bond donors (Lipinski definition) is 1. The van der Waals surface area contributed by atoms with Crippen molar-refractivity contribution in [2.45, 2.75) is 64.3 Å². The number of likely N-dealkylation sites (tertiary alicyclic amines) is 1. The SMILES string of the molecule is CC(C)(C)[Si](C)(C)OC(CN1CCC(Cc2ccccc2)CC1)C(N)=O. The number of nitrogens with two attached hydrogens (primary N) is 1. The van der Waals surface area contributed by atoms with E-state index >= 15 is 0 Å². The Morgan fingerprint density at radius 2 is 1.81 bits per heavy atom. The van der Waals surface area contributed by atoms with Gasteiger partial charge in [-0.3, -0.25) is 4.79 Å². The second kappa shape index (κ2) is 8.68. The molecule has 146 valence electrons. The molecule has 26 heavy (non-hydrogen) atoms. The van der Waals surface area contributed by atoms with E-state index in [-0.39, 0.29) is 10.9 Å². The molecule has 1 aliphatic heterocycles. The monoisotopic (exact) mass is 376 g/mol. The molecule has 2 N–H and O–H groups in total. The summed E-state index contributed by atoms with van der Waals surface area (Å²) in [7, 11) is -2.01. The largest absolute Gasteiger partial charge is 0.404 e. The van der Waals surface area contributed by atoms with Crippen LogP contribution < -0.4 is 5.73 Å². The summed E-state index contributed by atoms with van der Waals surface area (Å²) >= 11 is 0. The molecular formula is C21H36N2O2Si. The minimum absolute atomic E-state index is 0.0728. The van der Waals surface area contributed by atoms with Crippen molar-refractivity contribution in [1.29, 1.82) is 0 Å². The van der Waals surface area contributed by atoms with Crippen LogP contribution in [0.15, 0.2) is 30.3 Å². The van der Waals surface area contributed by atoms with E-state index in [0.29, 0.717) is 6.54 Å². The molecule has 0 bridgehead atoms. The number of piperidine rings is 1. The van der Waals surface area contributed by atoms with Gasteiger partial charge in [0.05, 0.1) is 0 Å². The van der Waals surface area contributed by atoms with Gasteiger partial charge in [-0.25, -0.2) is 0 Å². The third-order valence-electron chi connectivity index (χ3n) is 6.06. The van der Waals surface area contributed by atoms with Crippen LogP contribution in [0.1, 0.15) is 39.2 Å². The molecule has 1 amide bonds. The Kier molecular flexibility index (Phi) is 7.05. The number of nitrogens with zero attached hydrogens (tertiary/aromatic N) is 1.